The molecule has 0 atom stereocenters. The summed E-state index contributed by atoms with van der Waals surface area (Å²) in [5, 5.41) is 8.21. The summed E-state index contributed by atoms with van der Waals surface area (Å²) in [7, 11) is 2.06. The van der Waals surface area contributed by atoms with E-state index < -0.39 is 0 Å². The van der Waals surface area contributed by atoms with Crippen LogP contribution >= 0.6 is 11.3 Å². The highest BCUT2D eigenvalue weighted by atomic mass is 32.1. The lowest BCUT2D eigenvalue weighted by molar-refractivity contribution is 0.262. The van der Waals surface area contributed by atoms with Crippen LogP contribution in [-0.4, -0.2) is 25.1 Å². The molecule has 3 nitrogen and oxygen atoms in total. The van der Waals surface area contributed by atoms with Gasteiger partial charge in [0.05, 0.1) is 11.2 Å². The minimum absolute atomic E-state index is 0.119. The van der Waals surface area contributed by atoms with E-state index in [4.69, 9.17) is 4.98 Å². The van der Waals surface area contributed by atoms with Crippen molar-refractivity contribution < 1.29 is 0 Å². The summed E-state index contributed by atoms with van der Waals surface area (Å²) in [6.45, 7) is 6.53. The molecule has 0 amide bonds. The first-order valence-electron chi connectivity index (χ1n) is 6.08. The molecule has 16 heavy (non-hydrogen) atoms. The van der Waals surface area contributed by atoms with Gasteiger partial charge in [0.25, 0.3) is 0 Å². The molecule has 0 unspecified atom stereocenters. The van der Waals surface area contributed by atoms with Crippen molar-refractivity contribution >= 4 is 11.3 Å². The number of nitrogens with one attached hydrogen (secondary N) is 2. The third-order valence-electron chi connectivity index (χ3n) is 3.57. The first-order chi connectivity index (χ1) is 7.72. The minimum Gasteiger partial charge on any atom is -0.317 e. The molecule has 1 saturated heterocycles. The Hall–Kier alpha value is -0.450. The number of aromatic nitrogens is 1. The highest BCUT2D eigenvalue weighted by Crippen LogP contribution is 2.34. The molecule has 4 heteroatoms. The molecule has 0 bridgehead atoms. The fourth-order valence-electron chi connectivity index (χ4n) is 2.39. The van der Waals surface area contributed by atoms with Gasteiger partial charge in [-0.1, -0.05) is 6.92 Å². The molecule has 0 radical (unpaired) electrons. The molecular weight excluding hydrogens is 218 g/mol. The molecule has 1 aromatic heterocycles. The van der Waals surface area contributed by atoms with E-state index in [1.807, 2.05) is 11.3 Å². The number of hydrogen-bond acceptors (Lipinski definition) is 4. The summed E-state index contributed by atoms with van der Waals surface area (Å²) in [6.07, 6.45) is 3.32. The van der Waals surface area contributed by atoms with Crippen LogP contribution in [0.4, 0.5) is 0 Å². The number of rotatable bonds is 3. The van der Waals surface area contributed by atoms with Crippen LogP contribution in [0.25, 0.3) is 0 Å². The molecule has 0 saturated carbocycles. The van der Waals surface area contributed by atoms with Gasteiger partial charge in [0, 0.05) is 4.88 Å². The molecule has 0 spiro atoms. The SMILES string of the molecule is CCc1nc(C2(NC)CCNCC2)sc1C. The van der Waals surface area contributed by atoms with Gasteiger partial charge in [0.15, 0.2) is 0 Å². The Labute approximate surface area is 102 Å². The normalized spacial score (nSPS) is 19.9. The fourth-order valence-corrected chi connectivity index (χ4v) is 3.64. The van der Waals surface area contributed by atoms with E-state index in [1.165, 1.54) is 15.6 Å². The van der Waals surface area contributed by atoms with Crippen molar-refractivity contribution in [3.05, 3.63) is 15.6 Å². The quantitative estimate of drug-likeness (QED) is 0.845. The average Bonchev–Trinajstić information content (AvgIpc) is 2.72. The van der Waals surface area contributed by atoms with Gasteiger partial charge in [0.2, 0.25) is 0 Å². The molecule has 0 aliphatic carbocycles. The van der Waals surface area contributed by atoms with E-state index in [9.17, 15) is 0 Å². The van der Waals surface area contributed by atoms with E-state index in [0.717, 1.165) is 32.4 Å². The van der Waals surface area contributed by atoms with E-state index in [1.54, 1.807) is 0 Å². The van der Waals surface area contributed by atoms with Crippen molar-refractivity contribution in [1.29, 1.82) is 0 Å². The van der Waals surface area contributed by atoms with Gasteiger partial charge in [-0.2, -0.15) is 0 Å². The van der Waals surface area contributed by atoms with Crippen molar-refractivity contribution in [2.45, 2.75) is 38.6 Å². The number of piperidine rings is 1. The smallest absolute Gasteiger partial charge is 0.113 e. The fraction of sp³-hybridized carbons (Fsp3) is 0.750. The van der Waals surface area contributed by atoms with E-state index >= 15 is 0 Å². The second kappa shape index (κ2) is 4.82. The molecule has 2 heterocycles. The van der Waals surface area contributed by atoms with Crippen molar-refractivity contribution in [3.8, 4) is 0 Å². The van der Waals surface area contributed by atoms with Crippen molar-refractivity contribution in [2.75, 3.05) is 20.1 Å². The molecular formula is C12H21N3S. The molecule has 0 aromatic carbocycles. The summed E-state index contributed by atoms with van der Waals surface area (Å²) in [5.74, 6) is 0. The lowest BCUT2D eigenvalue weighted by atomic mass is 9.89. The highest BCUT2D eigenvalue weighted by molar-refractivity contribution is 7.11. The Morgan fingerprint density at radius 1 is 1.44 bits per heavy atom. The maximum absolute atomic E-state index is 4.82. The lowest BCUT2D eigenvalue weighted by Crippen LogP contribution is -2.48. The van der Waals surface area contributed by atoms with Crippen LogP contribution in [0, 0.1) is 6.92 Å². The van der Waals surface area contributed by atoms with Gasteiger partial charge in [0.1, 0.15) is 5.01 Å². The van der Waals surface area contributed by atoms with Crippen LogP contribution in [0.2, 0.25) is 0 Å². The van der Waals surface area contributed by atoms with Gasteiger partial charge in [-0.15, -0.1) is 11.3 Å². The Morgan fingerprint density at radius 3 is 2.62 bits per heavy atom. The average molecular weight is 239 g/mol. The number of thiazole rings is 1. The summed E-state index contributed by atoms with van der Waals surface area (Å²) in [5.41, 5.74) is 1.39. The first kappa shape index (κ1) is 12.0. The number of nitrogens with zero attached hydrogens (tertiary/aromatic N) is 1. The molecule has 2 rings (SSSR count). The largest absolute Gasteiger partial charge is 0.317 e. The monoisotopic (exact) mass is 239 g/mol. The maximum Gasteiger partial charge on any atom is 0.113 e. The second-order valence-corrected chi connectivity index (χ2v) is 5.66. The van der Waals surface area contributed by atoms with Crippen LogP contribution in [0.3, 0.4) is 0 Å². The van der Waals surface area contributed by atoms with Crippen molar-refractivity contribution in [2.24, 2.45) is 0 Å². The summed E-state index contributed by atoms with van der Waals surface area (Å²) < 4.78 is 0. The maximum atomic E-state index is 4.82. The summed E-state index contributed by atoms with van der Waals surface area (Å²) >= 11 is 1.87. The van der Waals surface area contributed by atoms with Crippen molar-refractivity contribution in [3.63, 3.8) is 0 Å². The van der Waals surface area contributed by atoms with Crippen LogP contribution in [0.15, 0.2) is 0 Å². The van der Waals surface area contributed by atoms with Crippen molar-refractivity contribution in [1.82, 2.24) is 15.6 Å². The van der Waals surface area contributed by atoms with Crippen LogP contribution in [-0.2, 0) is 12.0 Å². The standard InChI is InChI=1S/C12H21N3S/c1-4-10-9(2)16-11(15-10)12(13-3)5-7-14-8-6-12/h13-14H,4-8H2,1-3H3. The molecule has 1 fully saturated rings. The predicted molar refractivity (Wildman–Crippen MR) is 69.1 cm³/mol. The summed E-state index contributed by atoms with van der Waals surface area (Å²) in [6, 6.07) is 0. The molecule has 90 valence electrons. The summed E-state index contributed by atoms with van der Waals surface area (Å²) in [4.78, 5) is 6.20. The Balaban J connectivity index is 2.31. The zero-order chi connectivity index (χ0) is 11.6. The van der Waals surface area contributed by atoms with Crippen LogP contribution in [0.1, 0.15) is 35.3 Å². The molecule has 1 aliphatic heterocycles. The zero-order valence-corrected chi connectivity index (χ0v) is 11.2. The molecule has 1 aromatic rings. The molecule has 2 N–H and O–H groups in total. The molecule has 1 aliphatic rings. The predicted octanol–water partition coefficient (Wildman–Crippen LogP) is 1.81. The van der Waals surface area contributed by atoms with E-state index in [0.29, 0.717) is 0 Å². The van der Waals surface area contributed by atoms with Gasteiger partial charge >= 0.3 is 0 Å². The van der Waals surface area contributed by atoms with Gasteiger partial charge < -0.3 is 10.6 Å². The van der Waals surface area contributed by atoms with Gasteiger partial charge in [-0.25, -0.2) is 4.98 Å². The minimum atomic E-state index is 0.119. The third-order valence-corrected chi connectivity index (χ3v) is 4.79. The number of aryl methyl sites for hydroxylation is 2. The van der Waals surface area contributed by atoms with Gasteiger partial charge in [-0.05, 0) is 46.3 Å². The Bertz CT molecular complexity index is 353. The Morgan fingerprint density at radius 2 is 2.12 bits per heavy atom. The zero-order valence-electron chi connectivity index (χ0n) is 10.4. The highest BCUT2D eigenvalue weighted by Gasteiger charge is 2.35. The third kappa shape index (κ3) is 2.01. The first-order valence-corrected chi connectivity index (χ1v) is 6.90. The van der Waals surface area contributed by atoms with Crippen LogP contribution in [0.5, 0.6) is 0 Å². The number of hydrogen-bond donors (Lipinski definition) is 2. The topological polar surface area (TPSA) is 37.0 Å². The lowest BCUT2D eigenvalue weighted by Gasteiger charge is -2.35. The van der Waals surface area contributed by atoms with E-state index in [-0.39, 0.29) is 5.54 Å². The Kier molecular flexibility index (Phi) is 3.62. The van der Waals surface area contributed by atoms with Gasteiger partial charge in [-0.3, -0.25) is 0 Å². The van der Waals surface area contributed by atoms with Crippen LogP contribution < -0.4 is 10.6 Å². The second-order valence-electron chi connectivity index (χ2n) is 4.46. The van der Waals surface area contributed by atoms with E-state index in [2.05, 4.69) is 31.5 Å².